The highest BCUT2D eigenvalue weighted by atomic mass is 32.2. The number of hydrogen-bond acceptors (Lipinski definition) is 4. The first-order valence-electron chi connectivity index (χ1n) is 6.37. The number of carbonyl (C=O) groups is 1. The van der Waals surface area contributed by atoms with Gasteiger partial charge >= 0.3 is 0 Å². The van der Waals surface area contributed by atoms with Crippen LogP contribution in [0.25, 0.3) is 0 Å². The van der Waals surface area contributed by atoms with Crippen LogP contribution in [-0.4, -0.2) is 26.6 Å². The quantitative estimate of drug-likeness (QED) is 0.796. The van der Waals surface area contributed by atoms with Gasteiger partial charge < -0.3 is 11.1 Å². The van der Waals surface area contributed by atoms with E-state index in [0.29, 0.717) is 13.0 Å². The van der Waals surface area contributed by atoms with E-state index < -0.39 is 9.84 Å². The van der Waals surface area contributed by atoms with Gasteiger partial charge in [0.25, 0.3) is 0 Å². The average Bonchev–Trinajstić information content (AvgIpc) is 2.82. The Bertz CT molecular complexity index is 620. The molecule has 108 valence electrons. The molecule has 2 unspecified atom stereocenters. The Morgan fingerprint density at radius 1 is 1.30 bits per heavy atom. The molecular formula is C14H18N2O3S. The third-order valence-electron chi connectivity index (χ3n) is 3.27. The van der Waals surface area contributed by atoms with Gasteiger partial charge in [0.15, 0.2) is 9.84 Å². The first-order valence-corrected chi connectivity index (χ1v) is 8.26. The standard InChI is InChI=1S/C14H18N2O3S/c1-20(18,19)13-6-2-10(3-7-13)9-16-14(17)11-4-5-12(15)8-11/h2-7,11-12H,8-9,15H2,1H3,(H,16,17). The fraction of sp³-hybridized carbons (Fsp3) is 0.357. The van der Waals surface area contributed by atoms with Crippen molar-refractivity contribution in [3.05, 3.63) is 42.0 Å². The molecule has 1 aliphatic rings. The monoisotopic (exact) mass is 294 g/mol. The Morgan fingerprint density at radius 2 is 1.95 bits per heavy atom. The van der Waals surface area contributed by atoms with Crippen molar-refractivity contribution in [3.63, 3.8) is 0 Å². The molecule has 0 aliphatic heterocycles. The second-order valence-electron chi connectivity index (χ2n) is 5.02. The third kappa shape index (κ3) is 3.68. The van der Waals surface area contributed by atoms with E-state index in [1.165, 1.54) is 6.26 Å². The second-order valence-corrected chi connectivity index (χ2v) is 7.04. The van der Waals surface area contributed by atoms with Crippen LogP contribution in [0.4, 0.5) is 0 Å². The predicted octanol–water partition coefficient (Wildman–Crippen LogP) is 0.610. The molecule has 6 heteroatoms. The zero-order chi connectivity index (χ0) is 14.8. The molecule has 0 fully saturated rings. The summed E-state index contributed by atoms with van der Waals surface area (Å²) < 4.78 is 22.7. The summed E-state index contributed by atoms with van der Waals surface area (Å²) in [6, 6.07) is 6.45. The van der Waals surface area contributed by atoms with Crippen LogP contribution < -0.4 is 11.1 Å². The predicted molar refractivity (Wildman–Crippen MR) is 76.6 cm³/mol. The summed E-state index contributed by atoms with van der Waals surface area (Å²) >= 11 is 0. The first kappa shape index (κ1) is 14.7. The maximum absolute atomic E-state index is 11.9. The molecule has 1 amide bonds. The van der Waals surface area contributed by atoms with E-state index in [2.05, 4.69) is 5.32 Å². The highest BCUT2D eigenvalue weighted by Crippen LogP contribution is 2.16. The average molecular weight is 294 g/mol. The van der Waals surface area contributed by atoms with Gasteiger partial charge in [-0.1, -0.05) is 24.3 Å². The minimum atomic E-state index is -3.18. The summed E-state index contributed by atoms with van der Waals surface area (Å²) in [7, 11) is -3.18. The van der Waals surface area contributed by atoms with E-state index in [1.807, 2.05) is 12.2 Å². The van der Waals surface area contributed by atoms with Crippen molar-refractivity contribution in [3.8, 4) is 0 Å². The van der Waals surface area contributed by atoms with E-state index in [0.717, 1.165) is 5.56 Å². The molecule has 2 rings (SSSR count). The fourth-order valence-corrected chi connectivity index (χ4v) is 2.73. The van der Waals surface area contributed by atoms with Crippen molar-refractivity contribution in [2.24, 2.45) is 11.7 Å². The maximum Gasteiger partial charge on any atom is 0.227 e. The zero-order valence-electron chi connectivity index (χ0n) is 11.2. The van der Waals surface area contributed by atoms with Crippen LogP contribution in [0.3, 0.4) is 0 Å². The van der Waals surface area contributed by atoms with Crippen molar-refractivity contribution >= 4 is 15.7 Å². The Kier molecular flexibility index (Phi) is 4.25. The van der Waals surface area contributed by atoms with Gasteiger partial charge in [-0.25, -0.2) is 8.42 Å². The molecule has 0 radical (unpaired) electrons. The first-order chi connectivity index (χ1) is 9.36. The third-order valence-corrected chi connectivity index (χ3v) is 4.40. The number of amides is 1. The summed E-state index contributed by atoms with van der Waals surface area (Å²) in [5.41, 5.74) is 6.56. The molecule has 0 aromatic heterocycles. The summed E-state index contributed by atoms with van der Waals surface area (Å²) in [6.45, 7) is 0.377. The molecule has 2 atom stereocenters. The highest BCUT2D eigenvalue weighted by Gasteiger charge is 2.22. The number of nitrogens with one attached hydrogen (secondary N) is 1. The van der Waals surface area contributed by atoms with Crippen LogP contribution in [0, 0.1) is 5.92 Å². The van der Waals surface area contributed by atoms with Gasteiger partial charge in [0, 0.05) is 18.8 Å². The SMILES string of the molecule is CS(=O)(=O)c1ccc(CNC(=O)C2C=CC(N)C2)cc1. The molecule has 3 N–H and O–H groups in total. The van der Waals surface area contributed by atoms with Crippen LogP contribution in [-0.2, 0) is 21.2 Å². The zero-order valence-corrected chi connectivity index (χ0v) is 12.1. The Morgan fingerprint density at radius 3 is 2.45 bits per heavy atom. The van der Waals surface area contributed by atoms with Crippen molar-refractivity contribution in [2.45, 2.75) is 23.9 Å². The fourth-order valence-electron chi connectivity index (χ4n) is 2.10. The van der Waals surface area contributed by atoms with Gasteiger partial charge in [-0.3, -0.25) is 4.79 Å². The Labute approximate surface area is 118 Å². The molecule has 0 spiro atoms. The summed E-state index contributed by atoms with van der Waals surface area (Å²) in [6.07, 6.45) is 5.47. The summed E-state index contributed by atoms with van der Waals surface area (Å²) in [5.74, 6) is -0.221. The molecule has 0 saturated carbocycles. The number of carbonyl (C=O) groups excluding carboxylic acids is 1. The topological polar surface area (TPSA) is 89.3 Å². The highest BCUT2D eigenvalue weighted by molar-refractivity contribution is 7.90. The second kappa shape index (κ2) is 5.76. The molecule has 20 heavy (non-hydrogen) atoms. The van der Waals surface area contributed by atoms with Gasteiger partial charge in [0.1, 0.15) is 0 Å². The molecule has 0 saturated heterocycles. The molecule has 5 nitrogen and oxygen atoms in total. The molecule has 0 heterocycles. The van der Waals surface area contributed by atoms with Crippen molar-refractivity contribution in [1.82, 2.24) is 5.32 Å². The number of benzene rings is 1. The lowest BCUT2D eigenvalue weighted by molar-refractivity contribution is -0.123. The number of nitrogens with two attached hydrogens (primary N) is 1. The number of rotatable bonds is 4. The lowest BCUT2D eigenvalue weighted by Crippen LogP contribution is -2.30. The maximum atomic E-state index is 11.9. The Hall–Kier alpha value is -1.66. The largest absolute Gasteiger partial charge is 0.352 e. The number of sulfone groups is 1. The Balaban J connectivity index is 1.91. The molecule has 1 aliphatic carbocycles. The van der Waals surface area contributed by atoms with E-state index in [4.69, 9.17) is 5.73 Å². The molecule has 0 bridgehead atoms. The molecule has 1 aromatic rings. The van der Waals surface area contributed by atoms with Gasteiger partial charge in [-0.05, 0) is 24.1 Å². The normalized spacial score (nSPS) is 21.9. The minimum absolute atomic E-state index is 0.0419. The van der Waals surface area contributed by atoms with E-state index in [9.17, 15) is 13.2 Å². The van der Waals surface area contributed by atoms with Gasteiger partial charge in [0.2, 0.25) is 5.91 Å². The van der Waals surface area contributed by atoms with Gasteiger partial charge in [-0.2, -0.15) is 0 Å². The smallest absolute Gasteiger partial charge is 0.227 e. The van der Waals surface area contributed by atoms with Crippen molar-refractivity contribution in [1.29, 1.82) is 0 Å². The van der Waals surface area contributed by atoms with Gasteiger partial charge in [-0.15, -0.1) is 0 Å². The van der Waals surface area contributed by atoms with Crippen molar-refractivity contribution in [2.75, 3.05) is 6.26 Å². The van der Waals surface area contributed by atoms with Crippen LogP contribution in [0.1, 0.15) is 12.0 Å². The minimum Gasteiger partial charge on any atom is -0.352 e. The molecular weight excluding hydrogens is 276 g/mol. The molecule has 1 aromatic carbocycles. The van der Waals surface area contributed by atoms with E-state index in [1.54, 1.807) is 24.3 Å². The summed E-state index contributed by atoms with van der Waals surface area (Å²) in [4.78, 5) is 12.2. The van der Waals surface area contributed by atoms with Crippen LogP contribution in [0.2, 0.25) is 0 Å². The van der Waals surface area contributed by atoms with E-state index in [-0.39, 0.29) is 22.8 Å². The van der Waals surface area contributed by atoms with Crippen LogP contribution >= 0.6 is 0 Å². The van der Waals surface area contributed by atoms with Gasteiger partial charge in [0.05, 0.1) is 10.8 Å². The summed E-state index contributed by atoms with van der Waals surface area (Å²) in [5, 5.41) is 2.82. The number of hydrogen-bond donors (Lipinski definition) is 2. The van der Waals surface area contributed by atoms with E-state index >= 15 is 0 Å². The van der Waals surface area contributed by atoms with Crippen LogP contribution in [0.15, 0.2) is 41.3 Å². The van der Waals surface area contributed by atoms with Crippen LogP contribution in [0.5, 0.6) is 0 Å². The lowest BCUT2D eigenvalue weighted by Gasteiger charge is -2.10. The lowest BCUT2D eigenvalue weighted by atomic mass is 10.1. The van der Waals surface area contributed by atoms with Crippen molar-refractivity contribution < 1.29 is 13.2 Å².